The molecule has 1 aliphatic rings. The van der Waals surface area contributed by atoms with Crippen LogP contribution in [0.5, 0.6) is 0 Å². The van der Waals surface area contributed by atoms with Crippen LogP contribution in [0.25, 0.3) is 0 Å². The summed E-state index contributed by atoms with van der Waals surface area (Å²) in [6.45, 7) is 4.36. The lowest BCUT2D eigenvalue weighted by Gasteiger charge is -2.20. The van der Waals surface area contributed by atoms with E-state index in [1.807, 2.05) is 6.92 Å². The lowest BCUT2D eigenvalue weighted by Crippen LogP contribution is -2.42. The number of nitrogens with zero attached hydrogens (tertiary/aromatic N) is 1. The van der Waals surface area contributed by atoms with E-state index in [4.69, 9.17) is 4.52 Å². The number of amides is 1. The van der Waals surface area contributed by atoms with Gasteiger partial charge in [-0.05, 0) is 18.6 Å². The molecule has 2 N–H and O–H groups in total. The second-order valence-corrected chi connectivity index (χ2v) is 6.24. The van der Waals surface area contributed by atoms with Crippen LogP contribution >= 0.6 is 11.8 Å². The molecule has 1 aromatic rings. The number of carbonyl (C=O) groups excluding carboxylic acids is 1. The van der Waals surface area contributed by atoms with Crippen molar-refractivity contribution in [1.82, 2.24) is 10.5 Å². The molecule has 0 saturated carbocycles. The number of rotatable bonds is 5. The summed E-state index contributed by atoms with van der Waals surface area (Å²) in [6.07, 6.45) is 1.66. The van der Waals surface area contributed by atoms with Crippen LogP contribution in [0.3, 0.4) is 0 Å². The summed E-state index contributed by atoms with van der Waals surface area (Å²) in [5.41, 5.74) is 0.0164. The molecule has 2 rings (SSSR count). The van der Waals surface area contributed by atoms with E-state index < -0.39 is 5.60 Å². The smallest absolute Gasteiger partial charge is 0.290 e. The highest BCUT2D eigenvalue weighted by Crippen LogP contribution is 2.27. The van der Waals surface area contributed by atoms with Gasteiger partial charge in [-0.1, -0.05) is 19.0 Å². The number of aliphatic hydroxyl groups is 1. The van der Waals surface area contributed by atoms with Crippen LogP contribution < -0.4 is 5.32 Å². The Hall–Kier alpha value is -1.01. The van der Waals surface area contributed by atoms with Crippen LogP contribution in [0.4, 0.5) is 0 Å². The van der Waals surface area contributed by atoms with Gasteiger partial charge in [0.15, 0.2) is 0 Å². The SMILES string of the molecule is CCC(C)c1cc(C(=O)NCC2(O)CCSC2)on1. The van der Waals surface area contributed by atoms with Crippen LogP contribution in [0, 0.1) is 0 Å². The molecule has 0 aromatic carbocycles. The zero-order valence-electron chi connectivity index (χ0n) is 11.3. The van der Waals surface area contributed by atoms with Crippen molar-refractivity contribution in [1.29, 1.82) is 0 Å². The van der Waals surface area contributed by atoms with Gasteiger partial charge in [-0.25, -0.2) is 0 Å². The third-order valence-electron chi connectivity index (χ3n) is 3.53. The number of aromatic nitrogens is 1. The van der Waals surface area contributed by atoms with Gasteiger partial charge in [0.25, 0.3) is 5.91 Å². The summed E-state index contributed by atoms with van der Waals surface area (Å²) in [7, 11) is 0. The molecule has 106 valence electrons. The molecule has 6 heteroatoms. The van der Waals surface area contributed by atoms with E-state index in [1.54, 1.807) is 17.8 Å². The fourth-order valence-electron chi connectivity index (χ4n) is 1.91. The summed E-state index contributed by atoms with van der Waals surface area (Å²) < 4.78 is 5.05. The van der Waals surface area contributed by atoms with E-state index in [-0.39, 0.29) is 24.1 Å². The van der Waals surface area contributed by atoms with Gasteiger partial charge in [-0.2, -0.15) is 11.8 Å². The fraction of sp³-hybridized carbons (Fsp3) is 0.692. The van der Waals surface area contributed by atoms with Crippen molar-refractivity contribution >= 4 is 17.7 Å². The highest BCUT2D eigenvalue weighted by atomic mass is 32.2. The Balaban J connectivity index is 1.91. The standard InChI is InChI=1S/C13H20N2O3S/c1-3-9(2)10-6-11(18-15-10)12(16)14-7-13(17)4-5-19-8-13/h6,9,17H,3-5,7-8H2,1-2H3,(H,14,16). The first kappa shape index (κ1) is 14.4. The molecular weight excluding hydrogens is 264 g/mol. The van der Waals surface area contributed by atoms with E-state index in [1.165, 1.54) is 0 Å². The Bertz CT molecular complexity index is 441. The van der Waals surface area contributed by atoms with Crippen LogP contribution in [0.2, 0.25) is 0 Å². The van der Waals surface area contributed by atoms with Crippen LogP contribution in [-0.2, 0) is 0 Å². The lowest BCUT2D eigenvalue weighted by atomic mass is 10.0. The first-order valence-corrected chi connectivity index (χ1v) is 7.74. The molecule has 0 radical (unpaired) electrons. The normalized spacial score (nSPS) is 24.4. The van der Waals surface area contributed by atoms with Crippen molar-refractivity contribution in [2.45, 2.75) is 38.2 Å². The molecule has 5 nitrogen and oxygen atoms in total. The minimum absolute atomic E-state index is 0.213. The second-order valence-electron chi connectivity index (χ2n) is 5.13. The van der Waals surface area contributed by atoms with E-state index in [0.29, 0.717) is 12.2 Å². The van der Waals surface area contributed by atoms with Crippen LogP contribution in [0.15, 0.2) is 10.6 Å². The maximum absolute atomic E-state index is 11.9. The van der Waals surface area contributed by atoms with E-state index in [2.05, 4.69) is 17.4 Å². The Labute approximate surface area is 117 Å². The summed E-state index contributed by atoms with van der Waals surface area (Å²) in [5.74, 6) is 1.78. The molecule has 2 unspecified atom stereocenters. The van der Waals surface area contributed by atoms with Gasteiger partial charge >= 0.3 is 0 Å². The zero-order valence-corrected chi connectivity index (χ0v) is 12.1. The minimum atomic E-state index is -0.778. The molecule has 19 heavy (non-hydrogen) atoms. The second kappa shape index (κ2) is 5.96. The van der Waals surface area contributed by atoms with Crippen molar-refractivity contribution < 1.29 is 14.4 Å². The fourth-order valence-corrected chi connectivity index (χ4v) is 3.20. The molecule has 1 amide bonds. The predicted molar refractivity (Wildman–Crippen MR) is 74.4 cm³/mol. The van der Waals surface area contributed by atoms with Crippen molar-refractivity contribution in [3.63, 3.8) is 0 Å². The highest BCUT2D eigenvalue weighted by molar-refractivity contribution is 7.99. The average molecular weight is 284 g/mol. The van der Waals surface area contributed by atoms with E-state index >= 15 is 0 Å². The zero-order chi connectivity index (χ0) is 13.9. The Morgan fingerprint density at radius 2 is 2.53 bits per heavy atom. The summed E-state index contributed by atoms with van der Waals surface area (Å²) in [6, 6.07) is 1.68. The number of nitrogens with one attached hydrogen (secondary N) is 1. The van der Waals surface area contributed by atoms with Crippen molar-refractivity contribution in [3.8, 4) is 0 Å². The molecule has 1 aromatic heterocycles. The molecule has 1 fully saturated rings. The third kappa shape index (κ3) is 3.51. The molecule has 0 aliphatic carbocycles. The predicted octanol–water partition coefficient (Wildman–Crippen LogP) is 1.79. The molecule has 0 spiro atoms. The van der Waals surface area contributed by atoms with Gasteiger partial charge in [0, 0.05) is 24.3 Å². The average Bonchev–Trinajstić information content (AvgIpc) is 3.04. The maximum Gasteiger partial charge on any atom is 0.290 e. The first-order valence-electron chi connectivity index (χ1n) is 6.59. The Morgan fingerprint density at radius 3 is 3.16 bits per heavy atom. The Kier molecular flexibility index (Phi) is 4.52. The van der Waals surface area contributed by atoms with Gasteiger partial charge < -0.3 is 14.9 Å². The lowest BCUT2D eigenvalue weighted by molar-refractivity contribution is 0.0599. The number of carbonyl (C=O) groups is 1. The summed E-state index contributed by atoms with van der Waals surface area (Å²) >= 11 is 1.70. The molecule has 2 atom stereocenters. The number of hydrogen-bond donors (Lipinski definition) is 2. The molecule has 0 bridgehead atoms. The van der Waals surface area contributed by atoms with Crippen molar-refractivity contribution in [2.24, 2.45) is 0 Å². The van der Waals surface area contributed by atoms with Crippen molar-refractivity contribution in [3.05, 3.63) is 17.5 Å². The van der Waals surface area contributed by atoms with Gasteiger partial charge in [-0.3, -0.25) is 4.79 Å². The van der Waals surface area contributed by atoms with E-state index in [9.17, 15) is 9.90 Å². The molecule has 2 heterocycles. The number of thioether (sulfide) groups is 1. The highest BCUT2D eigenvalue weighted by Gasteiger charge is 2.32. The Morgan fingerprint density at radius 1 is 1.74 bits per heavy atom. The van der Waals surface area contributed by atoms with Gasteiger partial charge in [-0.15, -0.1) is 0 Å². The first-order chi connectivity index (χ1) is 9.04. The number of hydrogen-bond acceptors (Lipinski definition) is 5. The topological polar surface area (TPSA) is 75.4 Å². The summed E-state index contributed by atoms with van der Waals surface area (Å²) in [5, 5.41) is 16.8. The summed E-state index contributed by atoms with van der Waals surface area (Å²) in [4.78, 5) is 11.9. The third-order valence-corrected chi connectivity index (χ3v) is 4.76. The van der Waals surface area contributed by atoms with Crippen LogP contribution in [-0.4, -0.2) is 39.8 Å². The minimum Gasteiger partial charge on any atom is -0.387 e. The van der Waals surface area contributed by atoms with Gasteiger partial charge in [0.05, 0.1) is 11.3 Å². The monoisotopic (exact) mass is 284 g/mol. The molecular formula is C13H20N2O3S. The largest absolute Gasteiger partial charge is 0.387 e. The van der Waals surface area contributed by atoms with E-state index in [0.717, 1.165) is 17.9 Å². The van der Waals surface area contributed by atoms with Crippen molar-refractivity contribution in [2.75, 3.05) is 18.1 Å². The van der Waals surface area contributed by atoms with Gasteiger partial charge in [0.1, 0.15) is 0 Å². The van der Waals surface area contributed by atoms with Crippen LogP contribution in [0.1, 0.15) is 48.9 Å². The van der Waals surface area contributed by atoms with Gasteiger partial charge in [0.2, 0.25) is 5.76 Å². The molecule has 1 saturated heterocycles. The molecule has 1 aliphatic heterocycles. The quantitative estimate of drug-likeness (QED) is 0.862. The maximum atomic E-state index is 11.9.